The fraction of sp³-hybridized carbons (Fsp3) is 0.542. The number of amides is 2. The molecule has 0 spiro atoms. The molecule has 7 atom stereocenters. The van der Waals surface area contributed by atoms with E-state index in [4.69, 9.17) is 15.2 Å². The number of ether oxygens (including phenoxy) is 2. The lowest BCUT2D eigenvalue weighted by Crippen LogP contribution is -2.43. The second kappa shape index (κ2) is 11.9. The SMILES string of the molecule is Cc1cn([C@H]2C[C@H](NC(=O)CCC(=O)NC[C@H]3O[C@@H](n4cnc5c(N)ncnc54)[C@H](O)[C@@H]3O)[C@@H](CO)O2)c(=O)[nH]c1=O. The molecule has 2 amide bonds. The monoisotopic (exact) mass is 589 g/mol. The number of nitrogens with one attached hydrogen (secondary N) is 3. The molecular formula is C24H31N9O9. The summed E-state index contributed by atoms with van der Waals surface area (Å²) in [5.41, 5.74) is 5.51. The molecule has 0 unspecified atom stereocenters. The number of carbonyl (C=O) groups is 2. The van der Waals surface area contributed by atoms with E-state index in [0.717, 1.165) is 0 Å². The molecule has 2 fully saturated rings. The van der Waals surface area contributed by atoms with Crippen molar-refractivity contribution in [2.24, 2.45) is 0 Å². The fourth-order valence-corrected chi connectivity index (χ4v) is 5.02. The Morgan fingerprint density at radius 2 is 1.86 bits per heavy atom. The number of nitrogen functional groups attached to an aromatic ring is 1. The molecule has 3 aromatic heterocycles. The molecule has 2 aliphatic rings. The van der Waals surface area contributed by atoms with Crippen LogP contribution in [0.15, 0.2) is 28.4 Å². The van der Waals surface area contributed by atoms with E-state index in [1.165, 1.54) is 34.9 Å². The lowest BCUT2D eigenvalue weighted by molar-refractivity contribution is -0.127. The normalized spacial score (nSPS) is 27.4. The van der Waals surface area contributed by atoms with Crippen LogP contribution in [0.2, 0.25) is 0 Å². The number of anilines is 1. The lowest BCUT2D eigenvalue weighted by atomic mass is 10.1. The molecule has 42 heavy (non-hydrogen) atoms. The predicted octanol–water partition coefficient (Wildman–Crippen LogP) is -3.45. The van der Waals surface area contributed by atoms with Crippen LogP contribution in [0.5, 0.6) is 0 Å². The van der Waals surface area contributed by atoms with Gasteiger partial charge in [-0.1, -0.05) is 0 Å². The molecule has 8 N–H and O–H groups in total. The van der Waals surface area contributed by atoms with Crippen molar-refractivity contribution < 1.29 is 34.4 Å². The number of nitrogens with zero attached hydrogens (tertiary/aromatic N) is 5. The summed E-state index contributed by atoms with van der Waals surface area (Å²) in [5.74, 6) is -0.836. The Bertz CT molecular complexity index is 1590. The van der Waals surface area contributed by atoms with E-state index in [-0.39, 0.29) is 31.6 Å². The van der Waals surface area contributed by atoms with Gasteiger partial charge in [0.2, 0.25) is 11.8 Å². The maximum absolute atomic E-state index is 12.6. The summed E-state index contributed by atoms with van der Waals surface area (Å²) >= 11 is 0. The molecular weight excluding hydrogens is 558 g/mol. The van der Waals surface area contributed by atoms with Crippen LogP contribution >= 0.6 is 0 Å². The van der Waals surface area contributed by atoms with E-state index in [0.29, 0.717) is 16.7 Å². The summed E-state index contributed by atoms with van der Waals surface area (Å²) in [4.78, 5) is 63.1. The van der Waals surface area contributed by atoms with Crippen molar-refractivity contribution >= 4 is 28.8 Å². The van der Waals surface area contributed by atoms with Gasteiger partial charge in [-0.15, -0.1) is 0 Å². The maximum Gasteiger partial charge on any atom is 0.330 e. The van der Waals surface area contributed by atoms with E-state index >= 15 is 0 Å². The van der Waals surface area contributed by atoms with E-state index in [2.05, 4.69) is 30.6 Å². The summed E-state index contributed by atoms with van der Waals surface area (Å²) in [5, 5.41) is 36.0. The molecule has 5 rings (SSSR count). The third-order valence-electron chi connectivity index (χ3n) is 7.30. The maximum atomic E-state index is 12.6. The first-order valence-corrected chi connectivity index (χ1v) is 13.2. The zero-order valence-corrected chi connectivity index (χ0v) is 22.4. The van der Waals surface area contributed by atoms with Gasteiger partial charge in [0.1, 0.15) is 42.5 Å². The quantitative estimate of drug-likeness (QED) is 0.128. The highest BCUT2D eigenvalue weighted by Gasteiger charge is 2.44. The Labute approximate surface area is 236 Å². The first-order valence-electron chi connectivity index (χ1n) is 13.2. The molecule has 0 aliphatic carbocycles. The standard InChI is InChI=1S/C24H31N9O9/c1-10-6-32(24(40)31-22(10)39)16-4-11(13(7-34)41-16)30-15(36)3-2-14(35)26-5-12-18(37)19(38)23(42-12)33-9-29-17-20(25)27-8-28-21(17)33/h6,8-9,11-13,16,18-19,23,34,37-38H,2-5,7H2,1H3,(H,26,35)(H,30,36)(H2,25,27,28)(H,31,39,40)/t11-,12+,13+,16+,18+,19+,23+/m0/s1. The van der Waals surface area contributed by atoms with E-state index in [1.807, 2.05) is 0 Å². The highest BCUT2D eigenvalue weighted by molar-refractivity contribution is 5.84. The second-order valence-electron chi connectivity index (χ2n) is 10.1. The molecule has 2 saturated heterocycles. The van der Waals surface area contributed by atoms with Crippen LogP contribution in [0.1, 0.15) is 37.3 Å². The first kappa shape index (κ1) is 29.3. The summed E-state index contributed by atoms with van der Waals surface area (Å²) in [6.07, 6.45) is -2.60. The molecule has 18 heteroatoms. The van der Waals surface area contributed by atoms with Gasteiger partial charge >= 0.3 is 5.69 Å². The van der Waals surface area contributed by atoms with Gasteiger partial charge in [-0.05, 0) is 6.92 Å². The zero-order valence-electron chi connectivity index (χ0n) is 22.4. The minimum Gasteiger partial charge on any atom is -0.394 e. The van der Waals surface area contributed by atoms with Crippen molar-refractivity contribution in [3.63, 3.8) is 0 Å². The summed E-state index contributed by atoms with van der Waals surface area (Å²) < 4.78 is 14.1. The average Bonchev–Trinajstić information content (AvgIpc) is 3.65. The van der Waals surface area contributed by atoms with Crippen molar-refractivity contribution in [2.75, 3.05) is 18.9 Å². The number of hydrogen-bond donors (Lipinski definition) is 7. The topological polar surface area (TPSA) is 262 Å². The molecule has 0 saturated carbocycles. The third-order valence-corrected chi connectivity index (χ3v) is 7.30. The lowest BCUT2D eigenvalue weighted by Gasteiger charge is -2.18. The third kappa shape index (κ3) is 5.74. The number of aliphatic hydroxyl groups excluding tert-OH is 3. The number of nitrogens with two attached hydrogens (primary N) is 1. The number of carbonyl (C=O) groups excluding carboxylic acids is 2. The fourth-order valence-electron chi connectivity index (χ4n) is 5.02. The second-order valence-corrected chi connectivity index (χ2v) is 10.1. The van der Waals surface area contributed by atoms with Gasteiger partial charge in [0.05, 0.1) is 19.0 Å². The minimum absolute atomic E-state index is 0.142. The number of aliphatic hydroxyl groups is 3. The van der Waals surface area contributed by atoms with Gasteiger partial charge in [0.15, 0.2) is 17.7 Å². The van der Waals surface area contributed by atoms with E-state index in [1.54, 1.807) is 0 Å². The number of rotatable bonds is 9. The van der Waals surface area contributed by atoms with Crippen molar-refractivity contribution in [3.8, 4) is 0 Å². The first-order chi connectivity index (χ1) is 20.1. The number of aromatic nitrogens is 6. The van der Waals surface area contributed by atoms with Crippen LogP contribution in [-0.4, -0.2) is 99.8 Å². The Kier molecular flexibility index (Phi) is 8.32. The average molecular weight is 590 g/mol. The molecule has 0 bridgehead atoms. The molecule has 0 aromatic carbocycles. The Balaban J connectivity index is 1.10. The van der Waals surface area contributed by atoms with Crippen molar-refractivity contribution in [3.05, 3.63) is 45.3 Å². The van der Waals surface area contributed by atoms with Crippen LogP contribution in [0.4, 0.5) is 5.82 Å². The Hall–Kier alpha value is -4.23. The van der Waals surface area contributed by atoms with Crippen LogP contribution in [0.3, 0.4) is 0 Å². The van der Waals surface area contributed by atoms with Gasteiger partial charge in [-0.3, -0.25) is 28.5 Å². The van der Waals surface area contributed by atoms with Crippen molar-refractivity contribution in [1.29, 1.82) is 0 Å². The Morgan fingerprint density at radius 3 is 2.62 bits per heavy atom. The molecule has 3 aromatic rings. The highest BCUT2D eigenvalue weighted by atomic mass is 16.6. The van der Waals surface area contributed by atoms with Crippen LogP contribution in [-0.2, 0) is 19.1 Å². The van der Waals surface area contributed by atoms with Gasteiger partial charge < -0.3 is 41.2 Å². The van der Waals surface area contributed by atoms with E-state index in [9.17, 15) is 34.5 Å². The largest absolute Gasteiger partial charge is 0.394 e. The number of hydrogen-bond acceptors (Lipinski definition) is 13. The predicted molar refractivity (Wildman–Crippen MR) is 142 cm³/mol. The number of imidazole rings is 1. The van der Waals surface area contributed by atoms with Crippen molar-refractivity contribution in [1.82, 2.24) is 39.7 Å². The van der Waals surface area contributed by atoms with Gasteiger partial charge in [0, 0.05) is 37.6 Å². The van der Waals surface area contributed by atoms with Crippen LogP contribution in [0.25, 0.3) is 11.2 Å². The summed E-state index contributed by atoms with van der Waals surface area (Å²) in [6.45, 7) is 0.965. The smallest absolute Gasteiger partial charge is 0.330 e. The van der Waals surface area contributed by atoms with Gasteiger partial charge in [-0.2, -0.15) is 0 Å². The highest BCUT2D eigenvalue weighted by Crippen LogP contribution is 2.32. The molecule has 226 valence electrons. The number of H-pyrrole nitrogens is 1. The Morgan fingerprint density at radius 1 is 1.10 bits per heavy atom. The summed E-state index contributed by atoms with van der Waals surface area (Å²) in [7, 11) is 0. The minimum atomic E-state index is -1.35. The summed E-state index contributed by atoms with van der Waals surface area (Å²) in [6, 6.07) is -0.643. The van der Waals surface area contributed by atoms with Crippen molar-refractivity contribution in [2.45, 2.75) is 69.1 Å². The van der Waals surface area contributed by atoms with E-state index < -0.39 is 72.6 Å². The van der Waals surface area contributed by atoms with Gasteiger partial charge in [0.25, 0.3) is 5.56 Å². The van der Waals surface area contributed by atoms with Crippen LogP contribution < -0.4 is 27.6 Å². The number of fused-ring (bicyclic) bond motifs is 1. The van der Waals surface area contributed by atoms with Crippen LogP contribution in [0, 0.1) is 6.92 Å². The molecule has 2 aliphatic heterocycles. The van der Waals surface area contributed by atoms with Gasteiger partial charge in [-0.25, -0.2) is 19.7 Å². The number of aryl methyl sites for hydroxylation is 1. The molecule has 0 radical (unpaired) electrons. The molecule has 5 heterocycles. The number of aromatic amines is 1. The zero-order chi connectivity index (χ0) is 30.1. The molecule has 18 nitrogen and oxygen atoms in total.